The molecule has 0 saturated heterocycles. The van der Waals surface area contributed by atoms with Crippen LogP contribution >= 0.6 is 0 Å². The zero-order chi connectivity index (χ0) is 17.2. The van der Waals surface area contributed by atoms with E-state index in [0.29, 0.717) is 13.2 Å². The summed E-state index contributed by atoms with van der Waals surface area (Å²) >= 11 is 0. The maximum atomic E-state index is 11.4. The third kappa shape index (κ3) is 15.0. The fourth-order valence-corrected chi connectivity index (χ4v) is 1.55. The van der Waals surface area contributed by atoms with Gasteiger partial charge in [-0.1, -0.05) is 37.6 Å². The number of rotatable bonds is 12. The molecule has 128 valence electrons. The van der Waals surface area contributed by atoms with Crippen LogP contribution < -0.4 is 5.32 Å². The van der Waals surface area contributed by atoms with Crippen LogP contribution in [-0.2, 0) is 14.3 Å². The van der Waals surface area contributed by atoms with Gasteiger partial charge in [-0.2, -0.15) is 0 Å². The van der Waals surface area contributed by atoms with Crippen molar-refractivity contribution < 1.29 is 14.3 Å². The molecule has 0 aromatic rings. The lowest BCUT2D eigenvalue weighted by Gasteiger charge is -2.09. The Morgan fingerprint density at radius 2 is 1.91 bits per heavy atom. The van der Waals surface area contributed by atoms with E-state index in [1.807, 2.05) is 20.8 Å². The second-order valence-electron chi connectivity index (χ2n) is 4.56. The van der Waals surface area contributed by atoms with Crippen LogP contribution in [0.2, 0.25) is 0 Å². The van der Waals surface area contributed by atoms with Crippen LogP contribution in [0.3, 0.4) is 0 Å². The summed E-state index contributed by atoms with van der Waals surface area (Å²) in [6.07, 6.45) is 8.35. The van der Waals surface area contributed by atoms with E-state index in [-0.39, 0.29) is 18.6 Å². The molecule has 0 saturated carbocycles. The third-order valence-corrected chi connectivity index (χ3v) is 2.74. The molecule has 4 nitrogen and oxygen atoms in total. The average Bonchev–Trinajstić information content (AvgIpc) is 2.54. The summed E-state index contributed by atoms with van der Waals surface area (Å²) in [7, 11) is 1.68. The fraction of sp³-hybridized carbons (Fsp3) is 0.611. The number of allylic oxidation sites excluding steroid dienone is 1. The fourth-order valence-electron chi connectivity index (χ4n) is 1.55. The highest BCUT2D eigenvalue weighted by Crippen LogP contribution is 2.05. The second kappa shape index (κ2) is 17.7. The number of carbonyl (C=O) groups excluding carboxylic acids is 1. The van der Waals surface area contributed by atoms with Gasteiger partial charge in [0, 0.05) is 13.7 Å². The Balaban J connectivity index is 0. The highest BCUT2D eigenvalue weighted by Gasteiger charge is 2.01. The number of hydrogen-bond acceptors (Lipinski definition) is 3. The lowest BCUT2D eigenvalue weighted by atomic mass is 10.1. The predicted octanol–water partition coefficient (Wildman–Crippen LogP) is 3.65. The van der Waals surface area contributed by atoms with Gasteiger partial charge in [0.15, 0.2) is 0 Å². The Labute approximate surface area is 136 Å². The maximum Gasteiger partial charge on any atom is 0.246 e. The summed E-state index contributed by atoms with van der Waals surface area (Å²) < 4.78 is 10.5. The van der Waals surface area contributed by atoms with E-state index in [1.54, 1.807) is 19.3 Å². The molecule has 0 radical (unpaired) electrons. The van der Waals surface area contributed by atoms with Gasteiger partial charge in [0.2, 0.25) is 5.91 Å². The van der Waals surface area contributed by atoms with Gasteiger partial charge in [0.25, 0.3) is 0 Å². The number of ether oxygens (including phenoxy) is 2. The van der Waals surface area contributed by atoms with Gasteiger partial charge >= 0.3 is 0 Å². The summed E-state index contributed by atoms with van der Waals surface area (Å²) in [6.45, 7) is 14.5. The lowest BCUT2D eigenvalue weighted by Crippen LogP contribution is -2.28. The van der Waals surface area contributed by atoms with Crippen molar-refractivity contribution in [3.8, 4) is 0 Å². The van der Waals surface area contributed by atoms with Crippen LogP contribution in [0, 0.1) is 0 Å². The summed E-state index contributed by atoms with van der Waals surface area (Å²) in [5.74, 6) is -0.0919. The number of amides is 1. The Bertz CT molecular complexity index is 324. The molecule has 0 aromatic heterocycles. The normalized spacial score (nSPS) is 11.9. The highest BCUT2D eigenvalue weighted by atomic mass is 16.5. The van der Waals surface area contributed by atoms with E-state index in [9.17, 15) is 4.79 Å². The Hall–Kier alpha value is -1.39. The van der Waals surface area contributed by atoms with Crippen molar-refractivity contribution in [3.05, 3.63) is 37.0 Å². The van der Waals surface area contributed by atoms with Gasteiger partial charge in [0.1, 0.15) is 6.61 Å². The summed E-state index contributed by atoms with van der Waals surface area (Å²) in [5.41, 5.74) is 1.11. The van der Waals surface area contributed by atoms with Crippen LogP contribution in [0.1, 0.15) is 40.0 Å². The minimum atomic E-state index is -0.0919. The molecular formula is C18H33NO3. The molecule has 0 aliphatic rings. The molecule has 0 bridgehead atoms. The summed E-state index contributed by atoms with van der Waals surface area (Å²) in [6, 6.07) is 0. The molecule has 1 atom stereocenters. The van der Waals surface area contributed by atoms with Crippen molar-refractivity contribution in [2.24, 2.45) is 0 Å². The average molecular weight is 311 g/mol. The number of hydrogen-bond donors (Lipinski definition) is 1. The van der Waals surface area contributed by atoms with Gasteiger partial charge in [-0.15, -0.1) is 13.2 Å². The largest absolute Gasteiger partial charge is 0.377 e. The summed E-state index contributed by atoms with van der Waals surface area (Å²) in [5, 5.41) is 2.75. The number of methoxy groups -OCH3 is 1. The van der Waals surface area contributed by atoms with E-state index in [2.05, 4.69) is 24.6 Å². The van der Waals surface area contributed by atoms with Crippen LogP contribution in [0.25, 0.3) is 0 Å². The smallest absolute Gasteiger partial charge is 0.246 e. The van der Waals surface area contributed by atoms with Crippen molar-refractivity contribution in [2.45, 2.75) is 46.1 Å². The quantitative estimate of drug-likeness (QED) is 0.442. The van der Waals surface area contributed by atoms with E-state index >= 15 is 0 Å². The molecule has 0 spiro atoms. The molecule has 1 amide bonds. The highest BCUT2D eigenvalue weighted by molar-refractivity contribution is 5.77. The Kier molecular flexibility index (Phi) is 18.4. The Morgan fingerprint density at radius 3 is 2.45 bits per heavy atom. The molecule has 0 heterocycles. The molecule has 0 aliphatic carbocycles. The van der Waals surface area contributed by atoms with E-state index < -0.39 is 0 Å². The molecule has 22 heavy (non-hydrogen) atoms. The van der Waals surface area contributed by atoms with Crippen molar-refractivity contribution in [1.29, 1.82) is 0 Å². The van der Waals surface area contributed by atoms with E-state index in [1.165, 1.54) is 0 Å². The predicted molar refractivity (Wildman–Crippen MR) is 94.0 cm³/mol. The first kappa shape index (κ1) is 22.9. The molecule has 0 aliphatic heterocycles. The Morgan fingerprint density at radius 1 is 1.23 bits per heavy atom. The van der Waals surface area contributed by atoms with Gasteiger partial charge in [-0.05, 0) is 26.2 Å². The monoisotopic (exact) mass is 311 g/mol. The van der Waals surface area contributed by atoms with Crippen LogP contribution in [0.15, 0.2) is 37.0 Å². The number of nitrogens with one attached hydrogen (secondary N) is 1. The first-order chi connectivity index (χ1) is 10.6. The lowest BCUT2D eigenvalue weighted by molar-refractivity contribution is -0.125. The third-order valence-electron chi connectivity index (χ3n) is 2.74. The second-order valence-corrected chi connectivity index (χ2v) is 4.56. The van der Waals surface area contributed by atoms with E-state index in [0.717, 1.165) is 24.8 Å². The molecule has 0 fully saturated rings. The first-order valence-corrected chi connectivity index (χ1v) is 7.90. The minimum Gasteiger partial charge on any atom is -0.377 e. The topological polar surface area (TPSA) is 47.6 Å². The standard InChI is InChI=1S/C16H27NO3.C2H6/c1-5-7-11-17-16(18)13-20-12-14(3)9-8-10-15(6-2)19-4;1-2/h5-6,9,15H,1-2,7-8,10-13H2,3-4H3,(H,17,18);1-2H3/b14-9-;. The zero-order valence-corrected chi connectivity index (χ0v) is 14.7. The van der Waals surface area contributed by atoms with Crippen molar-refractivity contribution in [2.75, 3.05) is 26.9 Å². The molecule has 1 unspecified atom stereocenters. The van der Waals surface area contributed by atoms with Gasteiger partial charge in [-0.3, -0.25) is 4.79 Å². The molecule has 0 aromatic carbocycles. The van der Waals surface area contributed by atoms with Gasteiger partial charge in [0.05, 0.1) is 12.7 Å². The van der Waals surface area contributed by atoms with Crippen molar-refractivity contribution in [1.82, 2.24) is 5.32 Å². The minimum absolute atomic E-state index is 0.0919. The van der Waals surface area contributed by atoms with Crippen molar-refractivity contribution in [3.63, 3.8) is 0 Å². The molecular weight excluding hydrogens is 278 g/mol. The van der Waals surface area contributed by atoms with Crippen LogP contribution in [-0.4, -0.2) is 38.9 Å². The zero-order valence-electron chi connectivity index (χ0n) is 14.7. The molecule has 4 heteroatoms. The SMILES string of the molecule is C=CCCNC(=O)COC/C(C)=C\CCC(C=C)OC.CC. The van der Waals surface area contributed by atoms with Crippen LogP contribution in [0.5, 0.6) is 0 Å². The van der Waals surface area contributed by atoms with E-state index in [4.69, 9.17) is 9.47 Å². The van der Waals surface area contributed by atoms with Crippen LogP contribution in [0.4, 0.5) is 0 Å². The molecule has 0 rings (SSSR count). The van der Waals surface area contributed by atoms with Gasteiger partial charge in [-0.25, -0.2) is 0 Å². The number of carbonyl (C=O) groups is 1. The maximum absolute atomic E-state index is 11.4. The molecule has 1 N–H and O–H groups in total. The van der Waals surface area contributed by atoms with Gasteiger partial charge < -0.3 is 14.8 Å². The van der Waals surface area contributed by atoms with Crippen molar-refractivity contribution >= 4 is 5.91 Å². The summed E-state index contributed by atoms with van der Waals surface area (Å²) in [4.78, 5) is 11.4. The first-order valence-electron chi connectivity index (χ1n) is 7.90.